The highest BCUT2D eigenvalue weighted by Crippen LogP contribution is 2.30. The summed E-state index contributed by atoms with van der Waals surface area (Å²) in [7, 11) is 0. The van der Waals surface area contributed by atoms with Gasteiger partial charge in [-0.2, -0.15) is 0 Å². The Morgan fingerprint density at radius 3 is 2.83 bits per heavy atom. The summed E-state index contributed by atoms with van der Waals surface area (Å²) < 4.78 is 1.77. The van der Waals surface area contributed by atoms with Crippen LogP contribution in [-0.2, 0) is 9.59 Å². The number of carbonyl (C=O) groups is 2. The molecular weight excluding hydrogens is 294 g/mol. The van der Waals surface area contributed by atoms with E-state index in [9.17, 15) is 9.59 Å². The molecule has 7 heteroatoms. The van der Waals surface area contributed by atoms with Gasteiger partial charge in [0.1, 0.15) is 6.04 Å². The average molecular weight is 307 g/mol. The van der Waals surface area contributed by atoms with Crippen LogP contribution in [0.1, 0.15) is 12.5 Å². The Hall–Kier alpha value is -3.22. The molecule has 4 rings (SSSR count). The smallest absolute Gasteiger partial charge is 0.248 e. The number of pyridine rings is 1. The van der Waals surface area contributed by atoms with E-state index in [1.54, 1.807) is 29.1 Å². The minimum atomic E-state index is -0.640. The van der Waals surface area contributed by atoms with Crippen LogP contribution >= 0.6 is 0 Å². The third-order valence-electron chi connectivity index (χ3n) is 3.79. The van der Waals surface area contributed by atoms with Gasteiger partial charge < -0.3 is 5.32 Å². The fourth-order valence-electron chi connectivity index (χ4n) is 2.76. The van der Waals surface area contributed by atoms with Crippen LogP contribution in [0, 0.1) is 0 Å². The van der Waals surface area contributed by atoms with Crippen molar-refractivity contribution in [2.24, 2.45) is 0 Å². The second kappa shape index (κ2) is 5.20. The van der Waals surface area contributed by atoms with E-state index >= 15 is 0 Å². The number of hydrogen-bond acceptors (Lipinski definition) is 4. The Labute approximate surface area is 131 Å². The highest BCUT2D eigenvalue weighted by atomic mass is 16.2. The molecule has 1 atom stereocenters. The quantitative estimate of drug-likeness (QED) is 0.757. The standard InChI is InChI=1S/C16H13N5O2/c22-14-9-13(15(23)18-10-5-7-17-8-6-10)21-12-4-2-1-3-11(12)19-16(21)20-14/h1-8,13H,9H2,(H,17,18,23)(H,19,20,22)/t13-/m0/s1. The molecule has 2 aromatic heterocycles. The molecule has 7 nitrogen and oxygen atoms in total. The van der Waals surface area contributed by atoms with Gasteiger partial charge in [-0.1, -0.05) is 12.1 Å². The molecular formula is C16H13N5O2. The number of fused-ring (bicyclic) bond motifs is 3. The van der Waals surface area contributed by atoms with Gasteiger partial charge in [-0.15, -0.1) is 0 Å². The molecule has 0 unspecified atom stereocenters. The van der Waals surface area contributed by atoms with E-state index in [1.165, 1.54) is 0 Å². The van der Waals surface area contributed by atoms with Crippen molar-refractivity contribution in [3.05, 3.63) is 48.8 Å². The first-order valence-corrected chi connectivity index (χ1v) is 7.20. The third-order valence-corrected chi connectivity index (χ3v) is 3.79. The van der Waals surface area contributed by atoms with Crippen LogP contribution in [0.15, 0.2) is 48.8 Å². The van der Waals surface area contributed by atoms with Crippen LogP contribution in [-0.4, -0.2) is 26.3 Å². The summed E-state index contributed by atoms with van der Waals surface area (Å²) in [5.41, 5.74) is 2.20. The maximum atomic E-state index is 12.7. The van der Waals surface area contributed by atoms with Gasteiger partial charge in [-0.05, 0) is 24.3 Å². The van der Waals surface area contributed by atoms with Crippen molar-refractivity contribution in [2.75, 3.05) is 10.6 Å². The summed E-state index contributed by atoms with van der Waals surface area (Å²) in [4.78, 5) is 32.9. The zero-order valence-corrected chi connectivity index (χ0v) is 12.1. The van der Waals surface area contributed by atoms with E-state index < -0.39 is 6.04 Å². The first-order chi connectivity index (χ1) is 11.2. The predicted molar refractivity (Wildman–Crippen MR) is 84.9 cm³/mol. The number of carbonyl (C=O) groups excluding carboxylic acids is 2. The zero-order chi connectivity index (χ0) is 15.8. The average Bonchev–Trinajstić information content (AvgIpc) is 2.93. The van der Waals surface area contributed by atoms with E-state index in [1.807, 2.05) is 24.3 Å². The fraction of sp³-hybridized carbons (Fsp3) is 0.125. The third kappa shape index (κ3) is 2.32. The molecule has 0 radical (unpaired) electrons. The molecule has 0 aliphatic carbocycles. The molecule has 0 saturated carbocycles. The number of hydrogen-bond donors (Lipinski definition) is 2. The number of nitrogens with zero attached hydrogens (tertiary/aromatic N) is 3. The topological polar surface area (TPSA) is 88.9 Å². The minimum absolute atomic E-state index is 0.0737. The van der Waals surface area contributed by atoms with Crippen LogP contribution in [0.25, 0.3) is 11.0 Å². The number of rotatable bonds is 2. The molecule has 1 aliphatic rings. The minimum Gasteiger partial charge on any atom is -0.324 e. The van der Waals surface area contributed by atoms with Gasteiger partial charge in [0.05, 0.1) is 17.5 Å². The van der Waals surface area contributed by atoms with Crippen molar-refractivity contribution in [1.29, 1.82) is 0 Å². The van der Waals surface area contributed by atoms with E-state index in [2.05, 4.69) is 20.6 Å². The van der Waals surface area contributed by atoms with Crippen molar-refractivity contribution < 1.29 is 9.59 Å². The van der Waals surface area contributed by atoms with Gasteiger partial charge in [0, 0.05) is 18.1 Å². The first kappa shape index (κ1) is 13.4. The van der Waals surface area contributed by atoms with Crippen molar-refractivity contribution in [3.63, 3.8) is 0 Å². The highest BCUT2D eigenvalue weighted by molar-refractivity contribution is 6.02. The van der Waals surface area contributed by atoms with E-state index in [-0.39, 0.29) is 18.2 Å². The summed E-state index contributed by atoms with van der Waals surface area (Å²) in [5.74, 6) is -0.0736. The molecule has 2 amide bonds. The van der Waals surface area contributed by atoms with Crippen LogP contribution in [0.2, 0.25) is 0 Å². The molecule has 23 heavy (non-hydrogen) atoms. The van der Waals surface area contributed by atoms with Crippen molar-refractivity contribution in [3.8, 4) is 0 Å². The Kier molecular flexibility index (Phi) is 3.04. The summed E-state index contributed by atoms with van der Waals surface area (Å²) in [6, 6.07) is 10.3. The lowest BCUT2D eigenvalue weighted by Gasteiger charge is -2.24. The normalized spacial score (nSPS) is 16.7. The van der Waals surface area contributed by atoms with Gasteiger partial charge in [0.15, 0.2) is 0 Å². The maximum absolute atomic E-state index is 12.7. The molecule has 0 spiro atoms. The monoisotopic (exact) mass is 307 g/mol. The Morgan fingerprint density at radius 1 is 1.22 bits per heavy atom. The number of amides is 2. The van der Waals surface area contributed by atoms with Gasteiger partial charge >= 0.3 is 0 Å². The first-order valence-electron chi connectivity index (χ1n) is 7.20. The van der Waals surface area contributed by atoms with Gasteiger partial charge in [-0.3, -0.25) is 24.5 Å². The Balaban J connectivity index is 1.75. The molecule has 0 saturated heterocycles. The Bertz CT molecular complexity index is 903. The predicted octanol–water partition coefficient (Wildman–Crippen LogP) is 1.95. The van der Waals surface area contributed by atoms with Gasteiger partial charge in [0.25, 0.3) is 0 Å². The SMILES string of the molecule is O=C1C[C@@H](C(=O)Nc2ccncc2)n2c(nc3ccccc32)N1. The lowest BCUT2D eigenvalue weighted by atomic mass is 10.1. The molecule has 0 fully saturated rings. The van der Waals surface area contributed by atoms with Crippen LogP contribution in [0.5, 0.6) is 0 Å². The van der Waals surface area contributed by atoms with Crippen molar-refractivity contribution in [1.82, 2.24) is 14.5 Å². The second-order valence-electron chi connectivity index (χ2n) is 5.29. The van der Waals surface area contributed by atoms with Crippen molar-refractivity contribution in [2.45, 2.75) is 12.5 Å². The lowest BCUT2D eigenvalue weighted by molar-refractivity contribution is -0.124. The van der Waals surface area contributed by atoms with Crippen LogP contribution in [0.3, 0.4) is 0 Å². The van der Waals surface area contributed by atoms with Crippen molar-refractivity contribution >= 4 is 34.5 Å². The molecule has 0 bridgehead atoms. The van der Waals surface area contributed by atoms with E-state index in [0.717, 1.165) is 11.0 Å². The molecule has 3 heterocycles. The number of aromatic nitrogens is 3. The number of imidazole rings is 1. The summed E-state index contributed by atoms with van der Waals surface area (Å²) >= 11 is 0. The zero-order valence-electron chi connectivity index (χ0n) is 12.1. The van der Waals surface area contributed by atoms with Gasteiger partial charge in [0.2, 0.25) is 17.8 Å². The number of para-hydroxylation sites is 2. The molecule has 2 N–H and O–H groups in total. The number of nitrogens with one attached hydrogen (secondary N) is 2. The van der Waals surface area contributed by atoms with Gasteiger partial charge in [-0.25, -0.2) is 4.98 Å². The highest BCUT2D eigenvalue weighted by Gasteiger charge is 2.32. The fourth-order valence-corrected chi connectivity index (χ4v) is 2.76. The number of anilines is 2. The summed E-state index contributed by atoms with van der Waals surface area (Å²) in [6.45, 7) is 0. The molecule has 1 aromatic carbocycles. The van der Waals surface area contributed by atoms with Crippen LogP contribution < -0.4 is 10.6 Å². The maximum Gasteiger partial charge on any atom is 0.248 e. The van der Waals surface area contributed by atoms with E-state index in [0.29, 0.717) is 11.6 Å². The largest absolute Gasteiger partial charge is 0.324 e. The second-order valence-corrected chi connectivity index (χ2v) is 5.29. The van der Waals surface area contributed by atoms with E-state index in [4.69, 9.17) is 0 Å². The summed E-state index contributed by atoms with van der Waals surface area (Å²) in [5, 5.41) is 5.54. The van der Waals surface area contributed by atoms with Crippen LogP contribution in [0.4, 0.5) is 11.6 Å². The Morgan fingerprint density at radius 2 is 2.00 bits per heavy atom. The number of benzene rings is 1. The molecule has 1 aliphatic heterocycles. The molecule has 3 aromatic rings. The molecule has 114 valence electrons. The summed E-state index contributed by atoms with van der Waals surface area (Å²) in [6.07, 6.45) is 3.27. The lowest BCUT2D eigenvalue weighted by Crippen LogP contribution is -2.35.